The summed E-state index contributed by atoms with van der Waals surface area (Å²) in [7, 11) is 4.02. The lowest BCUT2D eigenvalue weighted by molar-refractivity contribution is 0.745. The summed E-state index contributed by atoms with van der Waals surface area (Å²) in [5.41, 5.74) is 7.86. The Bertz CT molecular complexity index is 484. The predicted octanol–water partition coefficient (Wildman–Crippen LogP) is 1.56. The minimum Gasteiger partial charge on any atom is -0.378 e. The Morgan fingerprint density at radius 2 is 1.88 bits per heavy atom. The number of aromatic amines is 1. The zero-order valence-corrected chi connectivity index (χ0v) is 10.3. The standard InChI is InChI=1S/C12H17N5/c1-8(13)11-14-12(16-15-11)9-4-6-10(7-5-9)17(2)3/h4-8H,13H2,1-3H3,(H,14,15,16). The zero-order chi connectivity index (χ0) is 12.4. The highest BCUT2D eigenvalue weighted by atomic mass is 15.2. The Balaban J connectivity index is 2.27. The van der Waals surface area contributed by atoms with Crippen LogP contribution < -0.4 is 10.6 Å². The first-order chi connectivity index (χ1) is 8.08. The fourth-order valence-corrected chi connectivity index (χ4v) is 1.52. The van der Waals surface area contributed by atoms with Gasteiger partial charge in [-0.05, 0) is 31.2 Å². The maximum Gasteiger partial charge on any atom is 0.181 e. The van der Waals surface area contributed by atoms with Crippen molar-refractivity contribution < 1.29 is 0 Å². The first-order valence-electron chi connectivity index (χ1n) is 5.53. The van der Waals surface area contributed by atoms with Crippen LogP contribution in [0.3, 0.4) is 0 Å². The van der Waals surface area contributed by atoms with Gasteiger partial charge in [-0.1, -0.05) is 0 Å². The highest BCUT2D eigenvalue weighted by Crippen LogP contribution is 2.19. The summed E-state index contributed by atoms with van der Waals surface area (Å²) in [5, 5.41) is 7.00. The highest BCUT2D eigenvalue weighted by Gasteiger charge is 2.08. The first-order valence-corrected chi connectivity index (χ1v) is 5.53. The van der Waals surface area contributed by atoms with Crippen molar-refractivity contribution in [2.45, 2.75) is 13.0 Å². The number of nitrogens with zero attached hydrogens (tertiary/aromatic N) is 3. The summed E-state index contributed by atoms with van der Waals surface area (Å²) in [6.45, 7) is 1.87. The third-order valence-electron chi connectivity index (χ3n) is 2.58. The van der Waals surface area contributed by atoms with Gasteiger partial charge in [0.05, 0.1) is 6.04 Å². The Labute approximate surface area is 101 Å². The van der Waals surface area contributed by atoms with Crippen LogP contribution in [0.2, 0.25) is 0 Å². The van der Waals surface area contributed by atoms with Crippen LogP contribution in [0.25, 0.3) is 11.4 Å². The number of anilines is 1. The molecule has 0 radical (unpaired) electrons. The number of H-pyrrole nitrogens is 1. The van der Waals surface area contributed by atoms with Crippen molar-refractivity contribution in [2.24, 2.45) is 5.73 Å². The molecule has 1 aromatic heterocycles. The molecule has 0 amide bonds. The van der Waals surface area contributed by atoms with E-state index in [-0.39, 0.29) is 6.04 Å². The lowest BCUT2D eigenvalue weighted by Gasteiger charge is -2.11. The quantitative estimate of drug-likeness (QED) is 0.841. The van der Waals surface area contributed by atoms with Crippen LogP contribution >= 0.6 is 0 Å². The lowest BCUT2D eigenvalue weighted by atomic mass is 10.2. The van der Waals surface area contributed by atoms with Crippen molar-refractivity contribution in [3.63, 3.8) is 0 Å². The fraction of sp³-hybridized carbons (Fsp3) is 0.333. The molecule has 90 valence electrons. The number of hydrogen-bond acceptors (Lipinski definition) is 4. The Kier molecular flexibility index (Phi) is 3.10. The van der Waals surface area contributed by atoms with Gasteiger partial charge >= 0.3 is 0 Å². The molecule has 17 heavy (non-hydrogen) atoms. The maximum absolute atomic E-state index is 5.73. The molecule has 5 heteroatoms. The van der Waals surface area contributed by atoms with Crippen LogP contribution in [-0.4, -0.2) is 29.3 Å². The molecular weight excluding hydrogens is 214 g/mol. The Morgan fingerprint density at radius 3 is 2.35 bits per heavy atom. The van der Waals surface area contributed by atoms with E-state index in [1.807, 2.05) is 45.3 Å². The zero-order valence-electron chi connectivity index (χ0n) is 10.3. The SMILES string of the molecule is CC(N)c1nc(-c2ccc(N(C)C)cc2)n[nH]1. The molecule has 5 nitrogen and oxygen atoms in total. The summed E-state index contributed by atoms with van der Waals surface area (Å²) in [6.07, 6.45) is 0. The van der Waals surface area contributed by atoms with Crippen LogP contribution in [0.15, 0.2) is 24.3 Å². The van der Waals surface area contributed by atoms with Gasteiger partial charge in [-0.3, -0.25) is 5.10 Å². The van der Waals surface area contributed by atoms with Crippen molar-refractivity contribution in [1.29, 1.82) is 0 Å². The van der Waals surface area contributed by atoms with Crippen molar-refractivity contribution in [3.8, 4) is 11.4 Å². The van der Waals surface area contributed by atoms with Gasteiger partial charge in [-0.15, -0.1) is 0 Å². The monoisotopic (exact) mass is 231 g/mol. The van der Waals surface area contributed by atoms with Crippen LogP contribution in [0.4, 0.5) is 5.69 Å². The van der Waals surface area contributed by atoms with Gasteiger partial charge in [0.2, 0.25) is 0 Å². The molecule has 3 N–H and O–H groups in total. The molecule has 2 aromatic rings. The second-order valence-corrected chi connectivity index (χ2v) is 4.27. The van der Waals surface area contributed by atoms with E-state index in [9.17, 15) is 0 Å². The van der Waals surface area contributed by atoms with Gasteiger partial charge in [-0.25, -0.2) is 4.98 Å². The van der Waals surface area contributed by atoms with E-state index in [2.05, 4.69) is 20.1 Å². The first kappa shape index (κ1) is 11.6. The van der Waals surface area contributed by atoms with Crippen molar-refractivity contribution in [3.05, 3.63) is 30.1 Å². The normalized spacial score (nSPS) is 12.5. The van der Waals surface area contributed by atoms with Crippen LogP contribution in [0, 0.1) is 0 Å². The Morgan fingerprint density at radius 1 is 1.24 bits per heavy atom. The van der Waals surface area contributed by atoms with Crippen molar-refractivity contribution in [2.75, 3.05) is 19.0 Å². The molecule has 0 aliphatic carbocycles. The van der Waals surface area contributed by atoms with E-state index in [0.717, 1.165) is 11.3 Å². The third-order valence-corrected chi connectivity index (χ3v) is 2.58. The van der Waals surface area contributed by atoms with E-state index >= 15 is 0 Å². The molecule has 2 rings (SSSR count). The van der Waals surface area contributed by atoms with E-state index in [4.69, 9.17) is 5.73 Å². The van der Waals surface area contributed by atoms with Gasteiger partial charge < -0.3 is 10.6 Å². The average Bonchev–Trinajstić information content (AvgIpc) is 2.78. The third kappa shape index (κ3) is 2.45. The number of benzene rings is 1. The Hall–Kier alpha value is -1.88. The van der Waals surface area contributed by atoms with Gasteiger partial charge in [0.1, 0.15) is 5.82 Å². The molecule has 1 heterocycles. The smallest absolute Gasteiger partial charge is 0.181 e. The van der Waals surface area contributed by atoms with Crippen LogP contribution in [0.5, 0.6) is 0 Å². The second-order valence-electron chi connectivity index (χ2n) is 4.27. The summed E-state index contributed by atoms with van der Waals surface area (Å²) in [6, 6.07) is 7.96. The number of nitrogens with one attached hydrogen (secondary N) is 1. The predicted molar refractivity (Wildman–Crippen MR) is 68.7 cm³/mol. The summed E-state index contributed by atoms with van der Waals surface area (Å²) in [4.78, 5) is 6.40. The van der Waals surface area contributed by atoms with Gasteiger partial charge in [0.15, 0.2) is 5.82 Å². The molecule has 0 aliphatic heterocycles. The molecular formula is C12H17N5. The molecule has 0 saturated heterocycles. The van der Waals surface area contributed by atoms with Crippen molar-refractivity contribution in [1.82, 2.24) is 15.2 Å². The molecule has 0 aliphatic rings. The fourth-order valence-electron chi connectivity index (χ4n) is 1.52. The molecule has 0 saturated carbocycles. The number of hydrogen-bond donors (Lipinski definition) is 2. The molecule has 0 bridgehead atoms. The van der Waals surface area contributed by atoms with E-state index < -0.39 is 0 Å². The maximum atomic E-state index is 5.73. The molecule has 1 aromatic carbocycles. The average molecular weight is 231 g/mol. The summed E-state index contributed by atoms with van der Waals surface area (Å²) < 4.78 is 0. The lowest BCUT2D eigenvalue weighted by Crippen LogP contribution is -2.08. The second kappa shape index (κ2) is 4.55. The van der Waals surface area contributed by atoms with Gasteiger partial charge in [0.25, 0.3) is 0 Å². The summed E-state index contributed by atoms with van der Waals surface area (Å²) >= 11 is 0. The molecule has 1 unspecified atom stereocenters. The van der Waals surface area contributed by atoms with Crippen LogP contribution in [-0.2, 0) is 0 Å². The molecule has 0 spiro atoms. The van der Waals surface area contributed by atoms with Gasteiger partial charge in [0, 0.05) is 25.3 Å². The van der Waals surface area contributed by atoms with E-state index in [1.165, 1.54) is 0 Å². The highest BCUT2D eigenvalue weighted by molar-refractivity contribution is 5.59. The van der Waals surface area contributed by atoms with E-state index in [0.29, 0.717) is 11.6 Å². The van der Waals surface area contributed by atoms with E-state index in [1.54, 1.807) is 0 Å². The number of rotatable bonds is 3. The minimum atomic E-state index is -0.128. The molecule has 0 fully saturated rings. The van der Waals surface area contributed by atoms with Gasteiger partial charge in [-0.2, -0.15) is 5.10 Å². The van der Waals surface area contributed by atoms with Crippen molar-refractivity contribution >= 4 is 5.69 Å². The number of aromatic nitrogens is 3. The molecule has 1 atom stereocenters. The topological polar surface area (TPSA) is 70.8 Å². The van der Waals surface area contributed by atoms with Crippen LogP contribution in [0.1, 0.15) is 18.8 Å². The largest absolute Gasteiger partial charge is 0.378 e. The minimum absolute atomic E-state index is 0.128. The summed E-state index contributed by atoms with van der Waals surface area (Å²) in [5.74, 6) is 1.39. The number of nitrogens with two attached hydrogens (primary N) is 1.